The summed E-state index contributed by atoms with van der Waals surface area (Å²) in [6.45, 7) is 0.507. The smallest absolute Gasteiger partial charge is 0.354 e. The first-order chi connectivity index (χ1) is 16.1. The molecule has 0 fully saturated rings. The number of nitrogens with zero attached hydrogens (tertiary/aromatic N) is 2. The molecular weight excluding hydrogens is 418 g/mol. The second kappa shape index (κ2) is 10.2. The highest BCUT2D eigenvalue weighted by Gasteiger charge is 2.11. The number of ether oxygens (including phenoxy) is 1. The number of nitrogens with one attached hydrogen (secondary N) is 1. The molecule has 0 radical (unpaired) electrons. The molecule has 4 aromatic rings. The predicted octanol–water partition coefficient (Wildman–Crippen LogP) is 4.72. The van der Waals surface area contributed by atoms with Gasteiger partial charge in [-0.2, -0.15) is 0 Å². The third kappa shape index (κ3) is 5.80. The lowest BCUT2D eigenvalue weighted by Crippen LogP contribution is -2.12. The van der Waals surface area contributed by atoms with Gasteiger partial charge in [0.25, 0.3) is 5.91 Å². The van der Waals surface area contributed by atoms with Gasteiger partial charge in [-0.3, -0.25) is 4.79 Å². The number of hydrogen-bond donors (Lipinski definition) is 2. The van der Waals surface area contributed by atoms with Crippen LogP contribution in [0.1, 0.15) is 26.4 Å². The van der Waals surface area contributed by atoms with E-state index in [4.69, 9.17) is 9.84 Å². The molecule has 7 heteroatoms. The number of rotatable bonds is 8. The van der Waals surface area contributed by atoms with Gasteiger partial charge in [-0.15, -0.1) is 0 Å². The molecule has 0 aliphatic rings. The summed E-state index contributed by atoms with van der Waals surface area (Å²) < 4.78 is 5.67. The normalized spacial score (nSPS) is 10.4. The molecular formula is C26H21N3O4. The molecule has 33 heavy (non-hydrogen) atoms. The maximum atomic E-state index is 12.7. The maximum Gasteiger partial charge on any atom is 0.354 e. The van der Waals surface area contributed by atoms with Gasteiger partial charge in [-0.25, -0.2) is 14.8 Å². The van der Waals surface area contributed by atoms with Crippen LogP contribution in [-0.2, 0) is 6.42 Å². The van der Waals surface area contributed by atoms with Crippen molar-refractivity contribution in [2.45, 2.75) is 6.42 Å². The number of carbonyl (C=O) groups is 2. The van der Waals surface area contributed by atoms with E-state index in [0.29, 0.717) is 35.0 Å². The summed E-state index contributed by atoms with van der Waals surface area (Å²) in [6.07, 6.45) is 2.32. The van der Waals surface area contributed by atoms with Gasteiger partial charge < -0.3 is 15.2 Å². The largest absolute Gasteiger partial charge is 0.477 e. The van der Waals surface area contributed by atoms with Crippen LogP contribution in [0.5, 0.6) is 5.88 Å². The fourth-order valence-corrected chi connectivity index (χ4v) is 3.20. The van der Waals surface area contributed by atoms with Crippen molar-refractivity contribution in [2.75, 3.05) is 11.9 Å². The Morgan fingerprint density at radius 1 is 0.909 bits per heavy atom. The predicted molar refractivity (Wildman–Crippen MR) is 124 cm³/mol. The average Bonchev–Trinajstić information content (AvgIpc) is 2.86. The van der Waals surface area contributed by atoms with Crippen LogP contribution in [0.2, 0.25) is 0 Å². The molecule has 0 bridgehead atoms. The molecule has 7 nitrogen and oxygen atoms in total. The zero-order valence-electron chi connectivity index (χ0n) is 17.6. The Morgan fingerprint density at radius 3 is 2.48 bits per heavy atom. The number of hydrogen-bond acceptors (Lipinski definition) is 5. The van der Waals surface area contributed by atoms with Gasteiger partial charge in [0.1, 0.15) is 5.69 Å². The van der Waals surface area contributed by atoms with E-state index in [9.17, 15) is 9.59 Å². The Hall–Kier alpha value is -4.52. The van der Waals surface area contributed by atoms with Gasteiger partial charge in [-0.1, -0.05) is 48.5 Å². The van der Waals surface area contributed by atoms with Gasteiger partial charge in [0.05, 0.1) is 24.2 Å². The van der Waals surface area contributed by atoms with Crippen LogP contribution in [0.4, 0.5) is 5.69 Å². The van der Waals surface area contributed by atoms with E-state index in [0.717, 1.165) is 6.42 Å². The first kappa shape index (κ1) is 21.7. The summed E-state index contributed by atoms with van der Waals surface area (Å²) in [4.78, 5) is 32.2. The van der Waals surface area contributed by atoms with Gasteiger partial charge >= 0.3 is 5.97 Å². The van der Waals surface area contributed by atoms with Crippen molar-refractivity contribution in [3.05, 3.63) is 108 Å². The van der Waals surface area contributed by atoms with E-state index in [1.807, 2.05) is 30.3 Å². The third-order valence-electron chi connectivity index (χ3n) is 4.87. The summed E-state index contributed by atoms with van der Waals surface area (Å²) >= 11 is 0. The molecule has 2 N–H and O–H groups in total. The van der Waals surface area contributed by atoms with E-state index in [1.54, 1.807) is 48.5 Å². The lowest BCUT2D eigenvalue weighted by molar-refractivity contribution is 0.0690. The minimum absolute atomic E-state index is 0.0560. The van der Waals surface area contributed by atoms with Crippen molar-refractivity contribution in [3.63, 3.8) is 0 Å². The Kier molecular flexibility index (Phi) is 6.70. The highest BCUT2D eigenvalue weighted by atomic mass is 16.5. The number of aromatic carboxylic acids is 1. The van der Waals surface area contributed by atoms with Gasteiger partial charge in [-0.05, 0) is 35.9 Å². The van der Waals surface area contributed by atoms with E-state index in [-0.39, 0.29) is 11.6 Å². The molecule has 0 spiro atoms. The van der Waals surface area contributed by atoms with Crippen LogP contribution in [0.25, 0.3) is 11.3 Å². The standard InChI is InChI=1S/C26H21N3O4/c30-25(20-9-4-8-19(16-20)22-10-5-11-23(29-22)26(31)32)28-21-12-13-24(27-17-21)33-15-14-18-6-2-1-3-7-18/h1-13,16-17H,14-15H2,(H,28,30)(H,31,32). The Balaban J connectivity index is 1.37. The molecule has 2 aromatic carbocycles. The van der Waals surface area contributed by atoms with Gasteiger partial charge in [0.2, 0.25) is 5.88 Å². The lowest BCUT2D eigenvalue weighted by Gasteiger charge is -2.09. The summed E-state index contributed by atoms with van der Waals surface area (Å²) in [5.41, 5.74) is 3.20. The summed E-state index contributed by atoms with van der Waals surface area (Å²) in [6, 6.07) is 25.1. The second-order valence-corrected chi connectivity index (χ2v) is 7.22. The lowest BCUT2D eigenvalue weighted by atomic mass is 10.1. The zero-order valence-corrected chi connectivity index (χ0v) is 17.6. The first-order valence-corrected chi connectivity index (χ1v) is 10.3. The molecule has 164 valence electrons. The van der Waals surface area contributed by atoms with E-state index >= 15 is 0 Å². The number of carboxylic acids is 1. The van der Waals surface area contributed by atoms with Crippen molar-refractivity contribution in [1.82, 2.24) is 9.97 Å². The number of pyridine rings is 2. The number of amides is 1. The summed E-state index contributed by atoms with van der Waals surface area (Å²) in [5.74, 6) is -0.938. The Bertz CT molecular complexity index is 1260. The number of aromatic nitrogens is 2. The van der Waals surface area contributed by atoms with Gasteiger partial charge in [0, 0.05) is 23.6 Å². The molecule has 2 heterocycles. The van der Waals surface area contributed by atoms with E-state index in [2.05, 4.69) is 15.3 Å². The number of anilines is 1. The molecule has 0 atom stereocenters. The SMILES string of the molecule is O=C(Nc1ccc(OCCc2ccccc2)nc1)c1cccc(-c2cccc(C(=O)O)n2)c1. The van der Waals surface area contributed by atoms with Crippen LogP contribution in [0.3, 0.4) is 0 Å². The van der Waals surface area contributed by atoms with E-state index in [1.165, 1.54) is 17.8 Å². The van der Waals surface area contributed by atoms with Crippen LogP contribution in [0, 0.1) is 0 Å². The van der Waals surface area contributed by atoms with Crippen LogP contribution >= 0.6 is 0 Å². The van der Waals surface area contributed by atoms with E-state index < -0.39 is 5.97 Å². The fraction of sp³-hybridized carbons (Fsp3) is 0.0769. The second-order valence-electron chi connectivity index (χ2n) is 7.22. The molecule has 0 saturated carbocycles. The fourth-order valence-electron chi connectivity index (χ4n) is 3.20. The molecule has 0 aliphatic carbocycles. The first-order valence-electron chi connectivity index (χ1n) is 10.3. The zero-order chi connectivity index (χ0) is 23.0. The van der Waals surface area contributed by atoms with Crippen molar-refractivity contribution >= 4 is 17.6 Å². The minimum Gasteiger partial charge on any atom is -0.477 e. The summed E-state index contributed by atoms with van der Waals surface area (Å²) in [5, 5.41) is 11.9. The van der Waals surface area contributed by atoms with Crippen LogP contribution in [-0.4, -0.2) is 33.6 Å². The highest BCUT2D eigenvalue weighted by molar-refractivity contribution is 6.04. The van der Waals surface area contributed by atoms with Crippen LogP contribution < -0.4 is 10.1 Å². The maximum absolute atomic E-state index is 12.7. The Labute approximate surface area is 190 Å². The van der Waals surface area contributed by atoms with Crippen molar-refractivity contribution in [1.29, 1.82) is 0 Å². The quantitative estimate of drug-likeness (QED) is 0.412. The van der Waals surface area contributed by atoms with Crippen LogP contribution in [0.15, 0.2) is 91.1 Å². The number of benzene rings is 2. The summed E-state index contributed by atoms with van der Waals surface area (Å²) in [7, 11) is 0. The average molecular weight is 439 g/mol. The molecule has 2 aromatic heterocycles. The highest BCUT2D eigenvalue weighted by Crippen LogP contribution is 2.20. The van der Waals surface area contributed by atoms with Gasteiger partial charge in [0.15, 0.2) is 0 Å². The molecule has 0 unspecified atom stereocenters. The third-order valence-corrected chi connectivity index (χ3v) is 4.87. The molecule has 0 saturated heterocycles. The molecule has 4 rings (SSSR count). The van der Waals surface area contributed by atoms with Crippen molar-refractivity contribution in [2.24, 2.45) is 0 Å². The number of carboxylic acid groups (broad SMARTS) is 1. The molecule has 0 aliphatic heterocycles. The minimum atomic E-state index is -1.11. The van der Waals surface area contributed by atoms with Crippen molar-refractivity contribution < 1.29 is 19.4 Å². The van der Waals surface area contributed by atoms with Crippen molar-refractivity contribution in [3.8, 4) is 17.1 Å². The number of carbonyl (C=O) groups excluding carboxylic acids is 1. The Morgan fingerprint density at radius 2 is 1.73 bits per heavy atom. The molecule has 1 amide bonds. The monoisotopic (exact) mass is 439 g/mol. The topological polar surface area (TPSA) is 101 Å².